The highest BCUT2D eigenvalue weighted by Gasteiger charge is 2.11. The van der Waals surface area contributed by atoms with Crippen LogP contribution >= 0.6 is 11.6 Å². The Morgan fingerprint density at radius 2 is 1.68 bits per heavy atom. The predicted octanol–water partition coefficient (Wildman–Crippen LogP) is 6.71. The van der Waals surface area contributed by atoms with Crippen LogP contribution < -0.4 is 4.74 Å². The summed E-state index contributed by atoms with van der Waals surface area (Å²) < 4.78 is 5.82. The topological polar surface area (TPSA) is 46.5 Å². The second-order valence-corrected chi connectivity index (χ2v) is 6.82. The molecule has 3 nitrogen and oxygen atoms in total. The fourth-order valence-electron chi connectivity index (χ4n) is 2.95. The number of ether oxygens (including phenoxy) is 1. The Morgan fingerprint density at radius 1 is 1.00 bits per heavy atom. The molecular weight excluding hydrogens is 336 g/mol. The molecule has 1 N–H and O–H groups in total. The van der Waals surface area contributed by atoms with Gasteiger partial charge in [-0.25, -0.2) is 4.79 Å². The standard InChI is InChI=1S/C21H27ClO3/c1-2-3-4-5-6-7-8-9-14-25-17-11-13-18-16(15-17)10-12-19(20(18)22)21(23)24/h10-13,15H,2-9,14H2,1H3,(H,23,24). The molecule has 2 aromatic rings. The summed E-state index contributed by atoms with van der Waals surface area (Å²) in [6, 6.07) is 8.90. The van der Waals surface area contributed by atoms with Crippen molar-refractivity contribution < 1.29 is 14.6 Å². The van der Waals surface area contributed by atoms with E-state index in [0.29, 0.717) is 6.61 Å². The van der Waals surface area contributed by atoms with Crippen LogP contribution in [0.3, 0.4) is 0 Å². The van der Waals surface area contributed by atoms with Crippen LogP contribution in [-0.2, 0) is 0 Å². The number of carboxylic acids is 1. The van der Waals surface area contributed by atoms with Crippen LogP contribution in [0.1, 0.15) is 68.6 Å². The van der Waals surface area contributed by atoms with Gasteiger partial charge in [0.05, 0.1) is 17.2 Å². The first kappa shape index (κ1) is 19.6. The minimum atomic E-state index is -1.01. The third kappa shape index (κ3) is 5.93. The molecule has 2 aromatic carbocycles. The van der Waals surface area contributed by atoms with Crippen molar-refractivity contribution in [1.82, 2.24) is 0 Å². The van der Waals surface area contributed by atoms with Crippen LogP contribution in [0, 0.1) is 0 Å². The van der Waals surface area contributed by atoms with E-state index in [-0.39, 0.29) is 10.6 Å². The van der Waals surface area contributed by atoms with Crippen molar-refractivity contribution in [1.29, 1.82) is 0 Å². The Morgan fingerprint density at radius 3 is 2.36 bits per heavy atom. The minimum absolute atomic E-state index is 0.127. The molecule has 0 aliphatic heterocycles. The van der Waals surface area contributed by atoms with Gasteiger partial charge >= 0.3 is 5.97 Å². The maximum atomic E-state index is 11.1. The van der Waals surface area contributed by atoms with Crippen molar-refractivity contribution in [3.63, 3.8) is 0 Å². The number of halogens is 1. The number of hydrogen-bond acceptors (Lipinski definition) is 2. The highest BCUT2D eigenvalue weighted by molar-refractivity contribution is 6.38. The fraction of sp³-hybridized carbons (Fsp3) is 0.476. The van der Waals surface area contributed by atoms with Crippen molar-refractivity contribution in [3.05, 3.63) is 40.9 Å². The van der Waals surface area contributed by atoms with Gasteiger partial charge in [-0.15, -0.1) is 0 Å². The van der Waals surface area contributed by atoms with E-state index in [1.807, 2.05) is 18.2 Å². The largest absolute Gasteiger partial charge is 0.494 e. The summed E-state index contributed by atoms with van der Waals surface area (Å²) in [5, 5.41) is 11.0. The van der Waals surface area contributed by atoms with E-state index in [1.165, 1.54) is 51.0 Å². The zero-order valence-electron chi connectivity index (χ0n) is 14.9. The molecule has 0 heterocycles. The van der Waals surface area contributed by atoms with E-state index in [4.69, 9.17) is 21.4 Å². The van der Waals surface area contributed by atoms with Gasteiger partial charge in [-0.3, -0.25) is 0 Å². The van der Waals surface area contributed by atoms with E-state index in [9.17, 15) is 4.79 Å². The van der Waals surface area contributed by atoms with Gasteiger partial charge in [0, 0.05) is 5.39 Å². The lowest BCUT2D eigenvalue weighted by Gasteiger charge is -2.09. The van der Waals surface area contributed by atoms with E-state index in [0.717, 1.165) is 22.9 Å². The molecule has 136 valence electrons. The van der Waals surface area contributed by atoms with Gasteiger partial charge in [0.25, 0.3) is 0 Å². The molecule has 4 heteroatoms. The van der Waals surface area contributed by atoms with E-state index >= 15 is 0 Å². The number of benzene rings is 2. The fourth-order valence-corrected chi connectivity index (χ4v) is 3.27. The van der Waals surface area contributed by atoms with Crippen LogP contribution in [0.4, 0.5) is 0 Å². The molecule has 0 saturated carbocycles. The maximum absolute atomic E-state index is 11.1. The van der Waals surface area contributed by atoms with Gasteiger partial charge in [-0.2, -0.15) is 0 Å². The molecule has 0 bridgehead atoms. The third-order valence-corrected chi connectivity index (χ3v) is 4.83. The molecule has 0 atom stereocenters. The Hall–Kier alpha value is -1.74. The number of carbonyl (C=O) groups is 1. The molecule has 0 unspecified atom stereocenters. The summed E-state index contributed by atoms with van der Waals surface area (Å²) in [6.45, 7) is 2.95. The molecule has 0 saturated heterocycles. The molecule has 25 heavy (non-hydrogen) atoms. The van der Waals surface area contributed by atoms with Crippen LogP contribution in [0.5, 0.6) is 5.75 Å². The summed E-state index contributed by atoms with van der Waals surface area (Å²) in [6.07, 6.45) is 10.2. The average Bonchev–Trinajstić information content (AvgIpc) is 2.60. The first-order chi connectivity index (χ1) is 12.1. The first-order valence-corrected chi connectivity index (χ1v) is 9.59. The lowest BCUT2D eigenvalue weighted by atomic mass is 10.1. The molecule has 0 spiro atoms. The highest BCUT2D eigenvalue weighted by atomic mass is 35.5. The minimum Gasteiger partial charge on any atom is -0.494 e. The van der Waals surface area contributed by atoms with Crippen molar-refractivity contribution in [2.75, 3.05) is 6.61 Å². The van der Waals surface area contributed by atoms with E-state index in [1.54, 1.807) is 6.07 Å². The van der Waals surface area contributed by atoms with Gasteiger partial charge in [-0.1, -0.05) is 69.5 Å². The number of fused-ring (bicyclic) bond motifs is 1. The monoisotopic (exact) mass is 362 g/mol. The predicted molar refractivity (Wildman–Crippen MR) is 104 cm³/mol. The van der Waals surface area contributed by atoms with Crippen LogP contribution in [0.25, 0.3) is 10.8 Å². The number of hydrogen-bond donors (Lipinski definition) is 1. The SMILES string of the molecule is CCCCCCCCCCOc1ccc2c(Cl)c(C(=O)O)ccc2c1. The lowest BCUT2D eigenvalue weighted by Crippen LogP contribution is -1.99. The Bertz CT molecular complexity index is 697. The summed E-state index contributed by atoms with van der Waals surface area (Å²) in [5.74, 6) is -0.212. The maximum Gasteiger partial charge on any atom is 0.337 e. The zero-order chi connectivity index (χ0) is 18.1. The quantitative estimate of drug-likeness (QED) is 0.452. The smallest absolute Gasteiger partial charge is 0.337 e. The van der Waals surface area contributed by atoms with Crippen LogP contribution in [0.15, 0.2) is 30.3 Å². The molecule has 0 amide bonds. The summed E-state index contributed by atoms with van der Waals surface area (Å²) in [7, 11) is 0. The molecule has 0 radical (unpaired) electrons. The average molecular weight is 363 g/mol. The second-order valence-electron chi connectivity index (χ2n) is 6.44. The molecule has 0 aromatic heterocycles. The molecular formula is C21H27ClO3. The van der Waals surface area contributed by atoms with Crippen molar-refractivity contribution in [2.45, 2.75) is 58.3 Å². The normalized spacial score (nSPS) is 11.0. The number of unbranched alkanes of at least 4 members (excludes halogenated alkanes) is 7. The summed E-state index contributed by atoms with van der Waals surface area (Å²) in [5.41, 5.74) is 0.127. The number of carboxylic acid groups (broad SMARTS) is 1. The van der Waals surface area contributed by atoms with E-state index in [2.05, 4.69) is 6.92 Å². The van der Waals surface area contributed by atoms with Crippen LogP contribution in [-0.4, -0.2) is 17.7 Å². The third-order valence-electron chi connectivity index (χ3n) is 4.42. The van der Waals surface area contributed by atoms with Gasteiger partial charge in [0.15, 0.2) is 0 Å². The summed E-state index contributed by atoms with van der Waals surface area (Å²) >= 11 is 6.17. The van der Waals surface area contributed by atoms with Crippen molar-refractivity contribution >= 4 is 28.3 Å². The Labute approximate surface area is 154 Å². The Kier molecular flexibility index (Phi) is 8.07. The van der Waals surface area contributed by atoms with Gasteiger partial charge in [-0.05, 0) is 36.1 Å². The van der Waals surface area contributed by atoms with Crippen LogP contribution in [0.2, 0.25) is 5.02 Å². The number of aromatic carboxylic acids is 1. The van der Waals surface area contributed by atoms with Gasteiger partial charge in [0.1, 0.15) is 5.75 Å². The molecule has 0 aliphatic rings. The van der Waals surface area contributed by atoms with Crippen molar-refractivity contribution in [2.24, 2.45) is 0 Å². The van der Waals surface area contributed by atoms with Gasteiger partial charge in [0.2, 0.25) is 0 Å². The zero-order valence-corrected chi connectivity index (χ0v) is 15.6. The highest BCUT2D eigenvalue weighted by Crippen LogP contribution is 2.30. The molecule has 0 aliphatic carbocycles. The lowest BCUT2D eigenvalue weighted by molar-refractivity contribution is 0.0697. The summed E-state index contributed by atoms with van der Waals surface area (Å²) in [4.78, 5) is 11.1. The second kappa shape index (κ2) is 10.3. The number of rotatable bonds is 11. The van der Waals surface area contributed by atoms with Crippen molar-refractivity contribution in [3.8, 4) is 5.75 Å². The van der Waals surface area contributed by atoms with Gasteiger partial charge < -0.3 is 9.84 Å². The van der Waals surface area contributed by atoms with E-state index < -0.39 is 5.97 Å². The molecule has 2 rings (SSSR count). The molecule has 0 fully saturated rings. The first-order valence-electron chi connectivity index (χ1n) is 9.22. The Balaban J connectivity index is 1.79.